The van der Waals surface area contributed by atoms with Gasteiger partial charge in [0.2, 0.25) is 5.91 Å². The Balaban J connectivity index is 1.69. The van der Waals surface area contributed by atoms with E-state index in [-0.39, 0.29) is 11.7 Å². The summed E-state index contributed by atoms with van der Waals surface area (Å²) in [5.74, 6) is -0.288. The predicted octanol–water partition coefficient (Wildman–Crippen LogP) is 3.43. The maximum Gasteiger partial charge on any atom is 0.247 e. The van der Waals surface area contributed by atoms with E-state index in [1.807, 2.05) is 17.0 Å². The van der Waals surface area contributed by atoms with Gasteiger partial charge in [0.25, 0.3) is 0 Å². The predicted molar refractivity (Wildman–Crippen MR) is 83.2 cm³/mol. The molecular formula is C18H17FN2O. The van der Waals surface area contributed by atoms with Gasteiger partial charge in [-0.05, 0) is 54.3 Å². The van der Waals surface area contributed by atoms with Gasteiger partial charge in [0, 0.05) is 31.1 Å². The van der Waals surface area contributed by atoms with Gasteiger partial charge in [-0.25, -0.2) is 4.39 Å². The molecule has 2 aromatic rings. The van der Waals surface area contributed by atoms with Crippen molar-refractivity contribution in [3.8, 4) is 0 Å². The van der Waals surface area contributed by atoms with E-state index in [1.54, 1.807) is 36.7 Å². The molecule has 0 unspecified atom stereocenters. The molecule has 3 nitrogen and oxygen atoms in total. The molecule has 112 valence electrons. The molecule has 1 amide bonds. The van der Waals surface area contributed by atoms with Crippen molar-refractivity contribution in [3.05, 3.63) is 71.8 Å². The summed E-state index contributed by atoms with van der Waals surface area (Å²) >= 11 is 0. The number of aromatic nitrogens is 1. The third-order valence-corrected chi connectivity index (χ3v) is 3.66. The first kappa shape index (κ1) is 14.4. The molecule has 3 rings (SSSR count). The summed E-state index contributed by atoms with van der Waals surface area (Å²) < 4.78 is 12.9. The number of benzene rings is 1. The van der Waals surface area contributed by atoms with Crippen LogP contribution in [-0.4, -0.2) is 21.8 Å². The number of amides is 1. The molecule has 0 spiro atoms. The number of hydrogen-bond acceptors (Lipinski definition) is 2. The molecule has 1 aromatic carbocycles. The molecule has 1 fully saturated rings. The van der Waals surface area contributed by atoms with E-state index >= 15 is 0 Å². The van der Waals surface area contributed by atoms with Crippen LogP contribution in [0, 0.1) is 5.82 Å². The van der Waals surface area contributed by atoms with E-state index in [9.17, 15) is 9.18 Å². The second kappa shape index (κ2) is 6.52. The Hall–Kier alpha value is -2.49. The third kappa shape index (κ3) is 3.79. The zero-order valence-corrected chi connectivity index (χ0v) is 12.2. The smallest absolute Gasteiger partial charge is 0.247 e. The summed E-state index contributed by atoms with van der Waals surface area (Å²) in [6.07, 6.45) is 8.87. The second-order valence-electron chi connectivity index (χ2n) is 5.44. The van der Waals surface area contributed by atoms with Crippen molar-refractivity contribution in [2.75, 3.05) is 0 Å². The Labute approximate surface area is 129 Å². The monoisotopic (exact) mass is 296 g/mol. The number of carbonyl (C=O) groups is 1. The van der Waals surface area contributed by atoms with Crippen molar-refractivity contribution in [2.24, 2.45) is 0 Å². The van der Waals surface area contributed by atoms with Crippen LogP contribution in [0.3, 0.4) is 0 Å². The molecule has 0 N–H and O–H groups in total. The highest BCUT2D eigenvalue weighted by atomic mass is 19.1. The maximum atomic E-state index is 12.9. The number of nitrogens with zero attached hydrogens (tertiary/aromatic N) is 2. The fourth-order valence-corrected chi connectivity index (χ4v) is 2.30. The van der Waals surface area contributed by atoms with E-state index in [4.69, 9.17) is 0 Å². The number of carbonyl (C=O) groups excluding carboxylic acids is 1. The molecule has 4 heteroatoms. The summed E-state index contributed by atoms with van der Waals surface area (Å²) in [4.78, 5) is 18.3. The molecule has 1 aliphatic carbocycles. The van der Waals surface area contributed by atoms with Crippen molar-refractivity contribution in [1.29, 1.82) is 0 Å². The average molecular weight is 296 g/mol. The first-order valence-electron chi connectivity index (χ1n) is 7.35. The molecule has 22 heavy (non-hydrogen) atoms. The van der Waals surface area contributed by atoms with E-state index in [1.165, 1.54) is 12.1 Å². The molecule has 1 heterocycles. The number of pyridine rings is 1. The van der Waals surface area contributed by atoms with Crippen LogP contribution in [0.2, 0.25) is 0 Å². The third-order valence-electron chi connectivity index (χ3n) is 3.66. The van der Waals surface area contributed by atoms with E-state index in [2.05, 4.69) is 4.98 Å². The van der Waals surface area contributed by atoms with Crippen LogP contribution in [0.25, 0.3) is 6.08 Å². The molecule has 1 aromatic heterocycles. The van der Waals surface area contributed by atoms with Gasteiger partial charge < -0.3 is 4.90 Å². The average Bonchev–Trinajstić information content (AvgIpc) is 3.37. The van der Waals surface area contributed by atoms with Crippen molar-refractivity contribution >= 4 is 12.0 Å². The Bertz CT molecular complexity index is 663. The van der Waals surface area contributed by atoms with Crippen molar-refractivity contribution in [2.45, 2.75) is 25.4 Å². The molecule has 1 aliphatic rings. The molecule has 0 saturated heterocycles. The van der Waals surface area contributed by atoms with Gasteiger partial charge in [-0.15, -0.1) is 0 Å². The van der Waals surface area contributed by atoms with Gasteiger partial charge in [-0.1, -0.05) is 12.1 Å². The Morgan fingerprint density at radius 1 is 1.18 bits per heavy atom. The lowest BCUT2D eigenvalue weighted by Gasteiger charge is -2.20. The second-order valence-corrected chi connectivity index (χ2v) is 5.44. The van der Waals surface area contributed by atoms with E-state index in [0.29, 0.717) is 12.6 Å². The number of rotatable bonds is 5. The van der Waals surface area contributed by atoms with E-state index in [0.717, 1.165) is 24.0 Å². The van der Waals surface area contributed by atoms with Crippen LogP contribution in [0.4, 0.5) is 4.39 Å². The molecule has 1 saturated carbocycles. The first-order chi connectivity index (χ1) is 10.7. The van der Waals surface area contributed by atoms with Gasteiger partial charge in [0.15, 0.2) is 0 Å². The minimum absolute atomic E-state index is 0.0105. The van der Waals surface area contributed by atoms with Gasteiger partial charge >= 0.3 is 0 Å². The lowest BCUT2D eigenvalue weighted by molar-refractivity contribution is -0.127. The van der Waals surface area contributed by atoms with Gasteiger partial charge in [-0.3, -0.25) is 9.78 Å². The Morgan fingerprint density at radius 2 is 1.86 bits per heavy atom. The zero-order chi connectivity index (χ0) is 15.4. The molecular weight excluding hydrogens is 279 g/mol. The van der Waals surface area contributed by atoms with Gasteiger partial charge in [0.05, 0.1) is 0 Å². The number of hydrogen-bond donors (Lipinski definition) is 0. The quantitative estimate of drug-likeness (QED) is 0.792. The van der Waals surface area contributed by atoms with Crippen LogP contribution >= 0.6 is 0 Å². The van der Waals surface area contributed by atoms with Crippen LogP contribution < -0.4 is 0 Å². The summed E-state index contributed by atoms with van der Waals surface area (Å²) in [5.41, 5.74) is 1.89. The summed E-state index contributed by atoms with van der Waals surface area (Å²) in [6.45, 7) is 0.597. The summed E-state index contributed by atoms with van der Waals surface area (Å²) in [5, 5.41) is 0. The molecule has 0 bridgehead atoms. The highest BCUT2D eigenvalue weighted by molar-refractivity contribution is 5.92. The highest BCUT2D eigenvalue weighted by Crippen LogP contribution is 2.28. The van der Waals surface area contributed by atoms with Crippen molar-refractivity contribution in [3.63, 3.8) is 0 Å². The van der Waals surface area contributed by atoms with Crippen LogP contribution in [0.1, 0.15) is 24.0 Å². The fourth-order valence-electron chi connectivity index (χ4n) is 2.30. The molecule has 0 aliphatic heterocycles. The number of halogens is 1. The standard InChI is InChI=1S/C18H17FN2O/c19-16-4-1-14(2-5-16)3-8-18(22)21(17-6-7-17)13-15-9-11-20-12-10-15/h1-5,8-12,17H,6-7,13H2/b8-3+. The first-order valence-corrected chi connectivity index (χ1v) is 7.35. The molecule has 0 atom stereocenters. The maximum absolute atomic E-state index is 12.9. The van der Waals surface area contributed by atoms with Gasteiger partial charge in [0.1, 0.15) is 5.82 Å². The van der Waals surface area contributed by atoms with E-state index < -0.39 is 0 Å². The van der Waals surface area contributed by atoms with Crippen molar-refractivity contribution < 1.29 is 9.18 Å². The lowest BCUT2D eigenvalue weighted by atomic mass is 10.2. The highest BCUT2D eigenvalue weighted by Gasteiger charge is 2.31. The fraction of sp³-hybridized carbons (Fsp3) is 0.222. The SMILES string of the molecule is O=C(/C=C/c1ccc(F)cc1)N(Cc1ccncc1)C1CC1. The van der Waals surface area contributed by atoms with Crippen molar-refractivity contribution in [1.82, 2.24) is 9.88 Å². The largest absolute Gasteiger partial charge is 0.332 e. The normalized spacial score (nSPS) is 14.2. The van der Waals surface area contributed by atoms with Crippen LogP contribution in [0.15, 0.2) is 54.9 Å². The van der Waals surface area contributed by atoms with Crippen LogP contribution in [-0.2, 0) is 11.3 Å². The topological polar surface area (TPSA) is 33.2 Å². The molecule has 0 radical (unpaired) electrons. The lowest BCUT2D eigenvalue weighted by Crippen LogP contribution is -2.31. The Kier molecular flexibility index (Phi) is 4.28. The summed E-state index contributed by atoms with van der Waals surface area (Å²) in [7, 11) is 0. The minimum atomic E-state index is -0.277. The minimum Gasteiger partial charge on any atom is -0.332 e. The zero-order valence-electron chi connectivity index (χ0n) is 12.2. The van der Waals surface area contributed by atoms with Gasteiger partial charge in [-0.2, -0.15) is 0 Å². The van der Waals surface area contributed by atoms with Crippen LogP contribution in [0.5, 0.6) is 0 Å². The summed E-state index contributed by atoms with van der Waals surface area (Å²) in [6, 6.07) is 10.3. The Morgan fingerprint density at radius 3 is 2.50 bits per heavy atom.